The third kappa shape index (κ3) is 7.78. The minimum atomic E-state index is 0.102. The number of carbonyl (C=O) groups excluding carboxylic acids is 1. The number of benzene rings is 1. The molecule has 0 unspecified atom stereocenters. The number of carbonyl (C=O) groups is 1. The first-order valence-electron chi connectivity index (χ1n) is 8.94. The van der Waals surface area contributed by atoms with E-state index in [-0.39, 0.29) is 5.91 Å². The maximum absolute atomic E-state index is 11.9. The molecule has 1 aromatic rings. The zero-order chi connectivity index (χ0) is 18.2. The maximum Gasteiger partial charge on any atom is 0.230 e. The van der Waals surface area contributed by atoms with Crippen molar-refractivity contribution in [1.82, 2.24) is 10.2 Å². The number of hydrogen-bond acceptors (Lipinski definition) is 3. The number of thioether (sulfide) groups is 1. The second-order valence-corrected chi connectivity index (χ2v) is 8.95. The number of amides is 1. The van der Waals surface area contributed by atoms with Crippen LogP contribution >= 0.6 is 35.0 Å². The van der Waals surface area contributed by atoms with Crippen LogP contribution in [0.1, 0.15) is 32.3 Å². The lowest BCUT2D eigenvalue weighted by Gasteiger charge is -2.34. The van der Waals surface area contributed by atoms with E-state index in [4.69, 9.17) is 23.2 Å². The first-order chi connectivity index (χ1) is 11.9. The Kier molecular flexibility index (Phi) is 8.91. The SMILES string of the molecule is C[C@@H]1C[C@@H](C)CN(CCCNC(=O)CSCc2ccc(Cl)c(Cl)c2)C1. The van der Waals surface area contributed by atoms with E-state index in [0.29, 0.717) is 15.8 Å². The van der Waals surface area contributed by atoms with E-state index < -0.39 is 0 Å². The van der Waals surface area contributed by atoms with E-state index in [0.717, 1.165) is 42.7 Å². The van der Waals surface area contributed by atoms with Gasteiger partial charge in [0.1, 0.15) is 0 Å². The number of halogens is 2. The normalized spacial score (nSPS) is 21.3. The van der Waals surface area contributed by atoms with Gasteiger partial charge < -0.3 is 10.2 Å². The molecular formula is C19H28Cl2N2OS. The van der Waals surface area contributed by atoms with Crippen LogP contribution in [0, 0.1) is 11.8 Å². The largest absolute Gasteiger partial charge is 0.355 e. The Morgan fingerprint density at radius 2 is 1.96 bits per heavy atom. The van der Waals surface area contributed by atoms with Gasteiger partial charge in [-0.15, -0.1) is 11.8 Å². The Morgan fingerprint density at radius 3 is 2.64 bits per heavy atom. The molecule has 1 saturated heterocycles. The summed E-state index contributed by atoms with van der Waals surface area (Å²) >= 11 is 13.5. The Hall–Kier alpha value is -0.420. The molecule has 1 heterocycles. The average molecular weight is 403 g/mol. The van der Waals surface area contributed by atoms with Crippen molar-refractivity contribution in [2.75, 3.05) is 31.9 Å². The number of likely N-dealkylation sites (tertiary alicyclic amines) is 1. The zero-order valence-electron chi connectivity index (χ0n) is 15.1. The first kappa shape index (κ1) is 20.9. The summed E-state index contributed by atoms with van der Waals surface area (Å²) in [6.45, 7) is 8.87. The van der Waals surface area contributed by atoms with Crippen molar-refractivity contribution in [3.8, 4) is 0 Å². The summed E-state index contributed by atoms with van der Waals surface area (Å²) < 4.78 is 0. The van der Waals surface area contributed by atoms with Crippen molar-refractivity contribution in [2.45, 2.75) is 32.4 Å². The molecule has 6 heteroatoms. The molecule has 1 aliphatic rings. The molecular weight excluding hydrogens is 375 g/mol. The maximum atomic E-state index is 11.9. The minimum absolute atomic E-state index is 0.102. The molecule has 0 aliphatic carbocycles. The lowest BCUT2D eigenvalue weighted by molar-refractivity contribution is -0.118. The molecule has 0 saturated carbocycles. The van der Waals surface area contributed by atoms with Crippen molar-refractivity contribution in [3.05, 3.63) is 33.8 Å². The van der Waals surface area contributed by atoms with Crippen LogP contribution in [-0.2, 0) is 10.5 Å². The second-order valence-electron chi connectivity index (χ2n) is 7.15. The van der Waals surface area contributed by atoms with E-state index in [9.17, 15) is 4.79 Å². The molecule has 1 amide bonds. The van der Waals surface area contributed by atoms with E-state index in [1.54, 1.807) is 17.8 Å². The van der Waals surface area contributed by atoms with Crippen molar-refractivity contribution < 1.29 is 4.79 Å². The Morgan fingerprint density at radius 1 is 1.24 bits per heavy atom. The lowest BCUT2D eigenvalue weighted by Crippen LogP contribution is -2.40. The van der Waals surface area contributed by atoms with E-state index in [2.05, 4.69) is 24.1 Å². The molecule has 140 valence electrons. The zero-order valence-corrected chi connectivity index (χ0v) is 17.4. The molecule has 0 spiro atoms. The van der Waals surface area contributed by atoms with Gasteiger partial charge in [-0.3, -0.25) is 4.79 Å². The van der Waals surface area contributed by atoms with E-state index >= 15 is 0 Å². The molecule has 2 rings (SSSR count). The summed E-state index contributed by atoms with van der Waals surface area (Å²) in [5.41, 5.74) is 1.08. The van der Waals surface area contributed by atoms with Crippen LogP contribution in [0.4, 0.5) is 0 Å². The molecule has 1 N–H and O–H groups in total. The average Bonchev–Trinajstić information content (AvgIpc) is 2.54. The monoisotopic (exact) mass is 402 g/mol. The van der Waals surface area contributed by atoms with Gasteiger partial charge in [-0.2, -0.15) is 0 Å². The van der Waals surface area contributed by atoms with Crippen LogP contribution in [0.3, 0.4) is 0 Å². The fourth-order valence-electron chi connectivity index (χ4n) is 3.45. The summed E-state index contributed by atoms with van der Waals surface area (Å²) in [7, 11) is 0. The highest BCUT2D eigenvalue weighted by atomic mass is 35.5. The third-order valence-corrected chi connectivity index (χ3v) is 6.15. The highest BCUT2D eigenvalue weighted by molar-refractivity contribution is 7.99. The third-order valence-electron chi connectivity index (χ3n) is 4.40. The van der Waals surface area contributed by atoms with Crippen molar-refractivity contribution in [1.29, 1.82) is 0 Å². The molecule has 25 heavy (non-hydrogen) atoms. The van der Waals surface area contributed by atoms with Gasteiger partial charge in [0.2, 0.25) is 5.91 Å². The van der Waals surface area contributed by atoms with Crippen LogP contribution < -0.4 is 5.32 Å². The minimum Gasteiger partial charge on any atom is -0.355 e. The number of nitrogens with zero attached hydrogens (tertiary/aromatic N) is 1. The predicted molar refractivity (Wildman–Crippen MR) is 110 cm³/mol. The number of rotatable bonds is 8. The Bertz CT molecular complexity index is 560. The van der Waals surface area contributed by atoms with Crippen LogP contribution in [0.5, 0.6) is 0 Å². The topological polar surface area (TPSA) is 32.3 Å². The fourth-order valence-corrected chi connectivity index (χ4v) is 4.57. The highest BCUT2D eigenvalue weighted by Crippen LogP contribution is 2.24. The lowest BCUT2D eigenvalue weighted by atomic mass is 9.92. The summed E-state index contributed by atoms with van der Waals surface area (Å²) in [6, 6.07) is 5.59. The summed E-state index contributed by atoms with van der Waals surface area (Å²) in [5, 5.41) is 4.14. The van der Waals surface area contributed by atoms with Crippen molar-refractivity contribution >= 4 is 40.9 Å². The van der Waals surface area contributed by atoms with Gasteiger partial charge >= 0.3 is 0 Å². The van der Waals surface area contributed by atoms with Gasteiger partial charge in [-0.25, -0.2) is 0 Å². The van der Waals surface area contributed by atoms with Gasteiger partial charge in [0.15, 0.2) is 0 Å². The second kappa shape index (κ2) is 10.7. The smallest absolute Gasteiger partial charge is 0.230 e. The van der Waals surface area contributed by atoms with Gasteiger partial charge in [0, 0.05) is 25.4 Å². The Labute approximate surface area is 165 Å². The van der Waals surface area contributed by atoms with Gasteiger partial charge in [-0.1, -0.05) is 43.1 Å². The van der Waals surface area contributed by atoms with Crippen LogP contribution in [0.15, 0.2) is 18.2 Å². The molecule has 3 nitrogen and oxygen atoms in total. The number of nitrogens with one attached hydrogen (secondary N) is 1. The van der Waals surface area contributed by atoms with Crippen LogP contribution in [0.2, 0.25) is 10.0 Å². The molecule has 1 aliphatic heterocycles. The molecule has 0 bridgehead atoms. The predicted octanol–water partition coefficient (Wildman–Crippen LogP) is 4.71. The van der Waals surface area contributed by atoms with Crippen molar-refractivity contribution in [2.24, 2.45) is 11.8 Å². The summed E-state index contributed by atoms with van der Waals surface area (Å²) in [6.07, 6.45) is 2.35. The fraction of sp³-hybridized carbons (Fsp3) is 0.632. The van der Waals surface area contributed by atoms with Gasteiger partial charge in [0.05, 0.1) is 15.8 Å². The quantitative estimate of drug-likeness (QED) is 0.638. The number of piperidine rings is 1. The molecule has 1 aromatic carbocycles. The van der Waals surface area contributed by atoms with Crippen molar-refractivity contribution in [3.63, 3.8) is 0 Å². The number of hydrogen-bond donors (Lipinski definition) is 1. The molecule has 0 radical (unpaired) electrons. The summed E-state index contributed by atoms with van der Waals surface area (Å²) in [5.74, 6) is 2.91. The standard InChI is InChI=1S/C19H28Cl2N2OS/c1-14-8-15(2)11-23(10-14)7-3-6-22-19(24)13-25-12-16-4-5-17(20)18(21)9-16/h4-5,9,14-15H,3,6-8,10-13H2,1-2H3,(H,22,24)/t14-,15-/m1/s1. The van der Waals surface area contributed by atoms with Gasteiger partial charge in [-0.05, 0) is 48.9 Å². The van der Waals surface area contributed by atoms with Crippen LogP contribution in [-0.4, -0.2) is 42.7 Å². The van der Waals surface area contributed by atoms with Crippen LogP contribution in [0.25, 0.3) is 0 Å². The molecule has 2 atom stereocenters. The molecule has 1 fully saturated rings. The molecule has 0 aromatic heterocycles. The Balaban J connectivity index is 1.55. The first-order valence-corrected chi connectivity index (χ1v) is 10.9. The van der Waals surface area contributed by atoms with Gasteiger partial charge in [0.25, 0.3) is 0 Å². The van der Waals surface area contributed by atoms with E-state index in [1.807, 2.05) is 12.1 Å². The van der Waals surface area contributed by atoms with E-state index in [1.165, 1.54) is 19.5 Å². The summed E-state index contributed by atoms with van der Waals surface area (Å²) in [4.78, 5) is 14.4. The highest BCUT2D eigenvalue weighted by Gasteiger charge is 2.20.